The van der Waals surface area contributed by atoms with Gasteiger partial charge in [-0.2, -0.15) is 13.2 Å². The standard InChI is InChI=1S/C12H12F3NO2/c1-18-11(17)4-2-3-8-7-9(12(13,14)15)5-6-10(8)16/h2-3,5-7H,4,16H2,1H3. The Morgan fingerprint density at radius 2 is 2.11 bits per heavy atom. The largest absolute Gasteiger partial charge is 0.469 e. The number of halogens is 3. The maximum atomic E-state index is 12.5. The summed E-state index contributed by atoms with van der Waals surface area (Å²) >= 11 is 0. The normalized spacial score (nSPS) is 11.8. The average molecular weight is 259 g/mol. The molecule has 0 fully saturated rings. The lowest BCUT2D eigenvalue weighted by Crippen LogP contribution is -2.05. The molecule has 1 aromatic carbocycles. The number of nitrogens with two attached hydrogens (primary N) is 1. The monoisotopic (exact) mass is 259 g/mol. The van der Waals surface area contributed by atoms with Crippen LogP contribution in [0.5, 0.6) is 0 Å². The number of nitrogen functional groups attached to an aromatic ring is 1. The van der Waals surface area contributed by atoms with E-state index in [4.69, 9.17) is 5.73 Å². The van der Waals surface area contributed by atoms with Crippen LogP contribution < -0.4 is 5.73 Å². The lowest BCUT2D eigenvalue weighted by Gasteiger charge is -2.08. The summed E-state index contributed by atoms with van der Waals surface area (Å²) in [4.78, 5) is 10.8. The summed E-state index contributed by atoms with van der Waals surface area (Å²) in [7, 11) is 1.23. The Hall–Kier alpha value is -1.98. The quantitative estimate of drug-likeness (QED) is 0.670. The fourth-order valence-corrected chi connectivity index (χ4v) is 1.26. The molecule has 18 heavy (non-hydrogen) atoms. The summed E-state index contributed by atoms with van der Waals surface area (Å²) in [6, 6.07) is 3.02. The van der Waals surface area contributed by atoms with Gasteiger partial charge in [0, 0.05) is 5.69 Å². The van der Waals surface area contributed by atoms with Crippen molar-refractivity contribution >= 4 is 17.7 Å². The van der Waals surface area contributed by atoms with Gasteiger partial charge >= 0.3 is 12.1 Å². The average Bonchev–Trinajstić information content (AvgIpc) is 2.29. The van der Waals surface area contributed by atoms with Crippen LogP contribution in [0.25, 0.3) is 6.08 Å². The summed E-state index contributed by atoms with van der Waals surface area (Å²) in [6.45, 7) is 0. The predicted octanol–water partition coefficient (Wildman–Crippen LogP) is 2.86. The van der Waals surface area contributed by atoms with E-state index in [2.05, 4.69) is 4.74 Å². The van der Waals surface area contributed by atoms with Crippen LogP contribution in [0.3, 0.4) is 0 Å². The second-order valence-corrected chi connectivity index (χ2v) is 3.52. The zero-order valence-corrected chi connectivity index (χ0v) is 9.62. The molecule has 0 radical (unpaired) electrons. The Balaban J connectivity index is 2.91. The first-order valence-corrected chi connectivity index (χ1v) is 5.04. The molecule has 3 nitrogen and oxygen atoms in total. The van der Waals surface area contributed by atoms with Gasteiger partial charge in [0.25, 0.3) is 0 Å². The number of hydrogen-bond acceptors (Lipinski definition) is 3. The molecule has 2 N–H and O–H groups in total. The van der Waals surface area contributed by atoms with Gasteiger partial charge < -0.3 is 10.5 Å². The first-order chi connectivity index (χ1) is 8.34. The van der Waals surface area contributed by atoms with Crippen molar-refractivity contribution in [1.82, 2.24) is 0 Å². The molecule has 0 saturated carbocycles. The van der Waals surface area contributed by atoms with Gasteiger partial charge in [-0.1, -0.05) is 12.2 Å². The molecule has 1 aromatic rings. The van der Waals surface area contributed by atoms with Gasteiger partial charge in [0.1, 0.15) is 0 Å². The minimum absolute atomic E-state index is 0.0216. The molecule has 0 aromatic heterocycles. The second-order valence-electron chi connectivity index (χ2n) is 3.52. The third kappa shape index (κ3) is 3.80. The Kier molecular flexibility index (Phi) is 4.36. The first-order valence-electron chi connectivity index (χ1n) is 5.04. The van der Waals surface area contributed by atoms with Gasteiger partial charge in [0.2, 0.25) is 0 Å². The molecule has 98 valence electrons. The maximum Gasteiger partial charge on any atom is 0.416 e. The molecule has 0 spiro atoms. The van der Waals surface area contributed by atoms with Crippen molar-refractivity contribution < 1.29 is 22.7 Å². The van der Waals surface area contributed by atoms with Gasteiger partial charge in [0.15, 0.2) is 0 Å². The SMILES string of the molecule is COC(=O)CC=Cc1cc(C(F)(F)F)ccc1N. The smallest absolute Gasteiger partial charge is 0.416 e. The van der Waals surface area contributed by atoms with E-state index in [1.54, 1.807) is 0 Å². The minimum atomic E-state index is -4.42. The third-order valence-electron chi connectivity index (χ3n) is 2.22. The third-order valence-corrected chi connectivity index (χ3v) is 2.22. The summed E-state index contributed by atoms with van der Waals surface area (Å²) in [5.41, 5.74) is 5.19. The number of alkyl halides is 3. The van der Waals surface area contributed by atoms with E-state index in [-0.39, 0.29) is 17.7 Å². The highest BCUT2D eigenvalue weighted by molar-refractivity contribution is 5.74. The number of methoxy groups -OCH3 is 1. The molecule has 0 aliphatic heterocycles. The van der Waals surface area contributed by atoms with Crippen molar-refractivity contribution in [3.63, 3.8) is 0 Å². The van der Waals surface area contributed by atoms with Gasteiger partial charge in [-0.3, -0.25) is 4.79 Å². The van der Waals surface area contributed by atoms with E-state index in [1.165, 1.54) is 25.3 Å². The number of carbonyl (C=O) groups excluding carboxylic acids is 1. The van der Waals surface area contributed by atoms with Crippen molar-refractivity contribution in [3.8, 4) is 0 Å². The fraction of sp³-hybridized carbons (Fsp3) is 0.250. The first kappa shape index (κ1) is 14.1. The highest BCUT2D eigenvalue weighted by Gasteiger charge is 2.30. The van der Waals surface area contributed by atoms with Crippen LogP contribution in [-0.2, 0) is 15.7 Å². The lowest BCUT2D eigenvalue weighted by molar-refractivity contribution is -0.139. The molecule has 6 heteroatoms. The Bertz CT molecular complexity index is 467. The number of esters is 1. The number of ether oxygens (including phenoxy) is 1. The molecule has 1 rings (SSSR count). The summed E-state index contributed by atoms with van der Waals surface area (Å²) in [5.74, 6) is -0.475. The molecule has 0 amide bonds. The lowest BCUT2D eigenvalue weighted by atomic mass is 10.1. The Morgan fingerprint density at radius 1 is 1.44 bits per heavy atom. The highest BCUT2D eigenvalue weighted by atomic mass is 19.4. The highest BCUT2D eigenvalue weighted by Crippen LogP contribution is 2.31. The molecular weight excluding hydrogens is 247 g/mol. The van der Waals surface area contributed by atoms with Crippen molar-refractivity contribution in [2.75, 3.05) is 12.8 Å². The second kappa shape index (κ2) is 5.57. The van der Waals surface area contributed by atoms with Crippen LogP contribution in [0.1, 0.15) is 17.5 Å². The van der Waals surface area contributed by atoms with Crippen LogP contribution >= 0.6 is 0 Å². The van der Waals surface area contributed by atoms with Crippen LogP contribution in [0.2, 0.25) is 0 Å². The molecule has 0 saturated heterocycles. The van der Waals surface area contributed by atoms with Gasteiger partial charge in [0.05, 0.1) is 19.1 Å². The van der Waals surface area contributed by atoms with Crippen molar-refractivity contribution in [2.24, 2.45) is 0 Å². The van der Waals surface area contributed by atoms with Crippen LogP contribution in [0.4, 0.5) is 18.9 Å². The van der Waals surface area contributed by atoms with E-state index >= 15 is 0 Å². The molecule has 0 unspecified atom stereocenters. The number of hydrogen-bond donors (Lipinski definition) is 1. The molecular formula is C12H12F3NO2. The van der Waals surface area contributed by atoms with E-state index in [0.29, 0.717) is 0 Å². The fourth-order valence-electron chi connectivity index (χ4n) is 1.26. The van der Waals surface area contributed by atoms with E-state index < -0.39 is 17.7 Å². The number of anilines is 1. The van der Waals surface area contributed by atoms with Crippen LogP contribution in [0, 0.1) is 0 Å². The van der Waals surface area contributed by atoms with Crippen molar-refractivity contribution in [3.05, 3.63) is 35.4 Å². The van der Waals surface area contributed by atoms with Crippen LogP contribution in [-0.4, -0.2) is 13.1 Å². The summed E-state index contributed by atoms with van der Waals surface area (Å²) in [5, 5.41) is 0. The predicted molar refractivity (Wildman–Crippen MR) is 61.5 cm³/mol. The number of rotatable bonds is 3. The number of benzene rings is 1. The summed E-state index contributed by atoms with van der Waals surface area (Å²) in [6.07, 6.45) is -1.68. The Labute approximate surface area is 102 Å². The minimum Gasteiger partial charge on any atom is -0.469 e. The van der Waals surface area contributed by atoms with Crippen molar-refractivity contribution in [2.45, 2.75) is 12.6 Å². The Morgan fingerprint density at radius 3 is 2.67 bits per heavy atom. The molecule has 0 aliphatic carbocycles. The van der Waals surface area contributed by atoms with Gasteiger partial charge in [-0.15, -0.1) is 0 Å². The zero-order chi connectivity index (χ0) is 13.8. The topological polar surface area (TPSA) is 52.3 Å². The summed E-state index contributed by atoms with van der Waals surface area (Å²) < 4.78 is 41.8. The van der Waals surface area contributed by atoms with E-state index in [1.807, 2.05) is 0 Å². The van der Waals surface area contributed by atoms with E-state index in [9.17, 15) is 18.0 Å². The molecule has 0 bridgehead atoms. The van der Waals surface area contributed by atoms with E-state index in [0.717, 1.165) is 12.1 Å². The molecule has 0 atom stereocenters. The van der Waals surface area contributed by atoms with Crippen molar-refractivity contribution in [1.29, 1.82) is 0 Å². The molecule has 0 aliphatic rings. The van der Waals surface area contributed by atoms with Crippen LogP contribution in [0.15, 0.2) is 24.3 Å². The van der Waals surface area contributed by atoms with Gasteiger partial charge in [-0.25, -0.2) is 0 Å². The zero-order valence-electron chi connectivity index (χ0n) is 9.62. The number of carbonyl (C=O) groups is 1. The molecule has 0 heterocycles. The maximum absolute atomic E-state index is 12.5. The van der Waals surface area contributed by atoms with Gasteiger partial charge in [-0.05, 0) is 23.8 Å².